The minimum atomic E-state index is -0.852. The predicted octanol–water partition coefficient (Wildman–Crippen LogP) is 3.37. The Labute approximate surface area is 220 Å². The Kier molecular flexibility index (Phi) is 6.97. The molecule has 0 spiro atoms. The van der Waals surface area contributed by atoms with Crippen LogP contribution in [0, 0.1) is 15.5 Å². The number of piperidine rings is 1. The zero-order valence-electron chi connectivity index (χ0n) is 21.3. The molecule has 1 saturated heterocycles. The third-order valence-electron chi connectivity index (χ3n) is 8.44. The highest BCUT2D eigenvalue weighted by molar-refractivity contribution is 6.08. The third-order valence-corrected chi connectivity index (χ3v) is 8.44. The Bertz CT molecular complexity index is 1370. The molecule has 2 aromatic carbocycles. The first kappa shape index (κ1) is 25.9. The van der Waals surface area contributed by atoms with Crippen LogP contribution >= 0.6 is 0 Å². The van der Waals surface area contributed by atoms with Gasteiger partial charge >= 0.3 is 5.69 Å². The second-order valence-electron chi connectivity index (χ2n) is 10.7. The predicted molar refractivity (Wildman–Crippen MR) is 145 cm³/mol. The van der Waals surface area contributed by atoms with E-state index in [9.17, 15) is 25.1 Å². The molecule has 2 fully saturated rings. The lowest BCUT2D eigenvalue weighted by Gasteiger charge is -2.41. The number of amides is 1. The molecule has 11 nitrogen and oxygen atoms in total. The maximum atomic E-state index is 12.5. The van der Waals surface area contributed by atoms with Gasteiger partial charge in [0, 0.05) is 24.5 Å². The van der Waals surface area contributed by atoms with Gasteiger partial charge in [0.05, 0.1) is 52.3 Å². The van der Waals surface area contributed by atoms with Crippen molar-refractivity contribution >= 4 is 34.0 Å². The van der Waals surface area contributed by atoms with Crippen molar-refractivity contribution in [2.45, 2.75) is 51.0 Å². The zero-order valence-corrected chi connectivity index (χ0v) is 21.3. The van der Waals surface area contributed by atoms with Crippen molar-refractivity contribution in [1.29, 1.82) is 0 Å². The number of hydrogen-bond acceptors (Lipinski definition) is 8. The van der Waals surface area contributed by atoms with Crippen molar-refractivity contribution in [3.05, 3.63) is 46.3 Å². The number of fused-ring (bicyclic) bond motifs is 1. The number of anilines is 2. The first-order valence-corrected chi connectivity index (χ1v) is 13.1. The van der Waals surface area contributed by atoms with Crippen molar-refractivity contribution in [3.8, 4) is 11.1 Å². The van der Waals surface area contributed by atoms with Crippen LogP contribution in [0.5, 0.6) is 0 Å². The normalized spacial score (nSPS) is 18.1. The molecule has 38 heavy (non-hydrogen) atoms. The number of nitro benzene ring substituents is 1. The summed E-state index contributed by atoms with van der Waals surface area (Å²) >= 11 is 0. The molecule has 5 rings (SSSR count). The summed E-state index contributed by atoms with van der Waals surface area (Å²) in [5, 5.41) is 31.8. The van der Waals surface area contributed by atoms with E-state index in [1.54, 1.807) is 6.07 Å². The standard InChI is InChI=1S/C27H34N6O5/c28-24-23(26(29)36)22(31-10-8-27(14-34,15-35)9-11-31)13-19(25(24)33(37)38)17-6-7-21-20(12-17)30-16-32(21)18-4-2-1-3-5-18/h6-7,12-13,16,18,34-35H,1-5,8-11,14-15,28H2,(H2,29,36). The summed E-state index contributed by atoms with van der Waals surface area (Å²) in [7, 11) is 0. The molecule has 2 aliphatic rings. The molecule has 2 heterocycles. The summed E-state index contributed by atoms with van der Waals surface area (Å²) in [6.07, 6.45) is 8.66. The van der Waals surface area contributed by atoms with Gasteiger partial charge in [0.1, 0.15) is 5.69 Å². The van der Waals surface area contributed by atoms with Crippen LogP contribution in [-0.2, 0) is 0 Å². The number of primary amides is 1. The summed E-state index contributed by atoms with van der Waals surface area (Å²) < 4.78 is 2.20. The van der Waals surface area contributed by atoms with E-state index < -0.39 is 16.2 Å². The number of carbonyl (C=O) groups is 1. The van der Waals surface area contributed by atoms with Crippen LogP contribution in [0.4, 0.5) is 17.1 Å². The summed E-state index contributed by atoms with van der Waals surface area (Å²) in [6.45, 7) is 0.536. The number of nitrogen functional groups attached to an aromatic ring is 1. The molecule has 0 bridgehead atoms. The first-order chi connectivity index (χ1) is 18.3. The molecule has 1 aromatic heterocycles. The lowest BCUT2D eigenvalue weighted by molar-refractivity contribution is -0.383. The molecular formula is C27H34N6O5. The van der Waals surface area contributed by atoms with Crippen LogP contribution in [0.25, 0.3) is 22.2 Å². The fraction of sp³-hybridized carbons (Fsp3) is 0.481. The number of nitrogens with zero attached hydrogens (tertiary/aromatic N) is 4. The molecule has 3 aromatic rings. The molecule has 1 amide bonds. The van der Waals surface area contributed by atoms with Gasteiger partial charge in [0.2, 0.25) is 0 Å². The van der Waals surface area contributed by atoms with Gasteiger partial charge in [-0.3, -0.25) is 14.9 Å². The number of nitro groups is 1. The van der Waals surface area contributed by atoms with Crippen LogP contribution in [-0.4, -0.2) is 56.9 Å². The monoisotopic (exact) mass is 522 g/mol. The molecule has 11 heteroatoms. The van der Waals surface area contributed by atoms with E-state index in [4.69, 9.17) is 11.5 Å². The number of aliphatic hydroxyl groups excluding tert-OH is 2. The van der Waals surface area contributed by atoms with Crippen LogP contribution in [0.1, 0.15) is 61.3 Å². The van der Waals surface area contributed by atoms with E-state index in [0.717, 1.165) is 23.9 Å². The van der Waals surface area contributed by atoms with Crippen LogP contribution < -0.4 is 16.4 Å². The lowest BCUT2D eigenvalue weighted by Crippen LogP contribution is -2.44. The van der Waals surface area contributed by atoms with Gasteiger partial charge in [-0.15, -0.1) is 0 Å². The van der Waals surface area contributed by atoms with Gasteiger partial charge < -0.3 is 31.1 Å². The molecule has 1 aliphatic carbocycles. The topological polar surface area (TPSA) is 174 Å². The Morgan fingerprint density at radius 1 is 1.13 bits per heavy atom. The van der Waals surface area contributed by atoms with Gasteiger partial charge in [-0.25, -0.2) is 4.98 Å². The van der Waals surface area contributed by atoms with Gasteiger partial charge in [-0.1, -0.05) is 25.3 Å². The SMILES string of the molecule is NC(=O)c1c(N2CCC(CO)(CO)CC2)cc(-c2ccc3c(c2)ncn3C2CCCCC2)c([N+](=O)[O-])c1N. The van der Waals surface area contributed by atoms with Crippen molar-refractivity contribution in [1.82, 2.24) is 9.55 Å². The molecule has 0 unspecified atom stereocenters. The fourth-order valence-electron chi connectivity index (χ4n) is 6.04. The lowest BCUT2D eigenvalue weighted by atomic mass is 9.79. The van der Waals surface area contributed by atoms with Crippen molar-refractivity contribution < 1.29 is 19.9 Å². The third kappa shape index (κ3) is 4.45. The number of aromatic nitrogens is 2. The maximum Gasteiger partial charge on any atom is 0.300 e. The Hall–Kier alpha value is -3.70. The molecule has 6 N–H and O–H groups in total. The summed E-state index contributed by atoms with van der Waals surface area (Å²) in [5.41, 5.74) is 13.6. The molecule has 0 radical (unpaired) electrons. The summed E-state index contributed by atoms with van der Waals surface area (Å²) in [5.74, 6) is -0.852. The maximum absolute atomic E-state index is 12.5. The average Bonchev–Trinajstić information content (AvgIpc) is 3.36. The van der Waals surface area contributed by atoms with E-state index in [1.165, 1.54) is 19.3 Å². The molecule has 0 atom stereocenters. The highest BCUT2D eigenvalue weighted by Crippen LogP contribution is 2.44. The van der Waals surface area contributed by atoms with Crippen molar-refractivity contribution in [2.75, 3.05) is 36.9 Å². The Morgan fingerprint density at radius 3 is 2.42 bits per heavy atom. The quantitative estimate of drug-likeness (QED) is 0.207. The minimum Gasteiger partial charge on any atom is -0.396 e. The number of benzene rings is 2. The molecule has 202 valence electrons. The van der Waals surface area contributed by atoms with Crippen molar-refractivity contribution in [3.63, 3.8) is 0 Å². The zero-order chi connectivity index (χ0) is 27.0. The minimum absolute atomic E-state index is 0.0939. The van der Waals surface area contributed by atoms with E-state index in [1.807, 2.05) is 29.4 Å². The Morgan fingerprint density at radius 2 is 1.82 bits per heavy atom. The highest BCUT2D eigenvalue weighted by Gasteiger charge is 2.36. The van der Waals surface area contributed by atoms with E-state index in [-0.39, 0.29) is 35.7 Å². The Balaban J connectivity index is 1.60. The number of rotatable bonds is 7. The average molecular weight is 523 g/mol. The van der Waals surface area contributed by atoms with E-state index in [2.05, 4.69) is 9.55 Å². The molecular weight excluding hydrogens is 488 g/mol. The van der Waals surface area contributed by atoms with Crippen LogP contribution in [0.15, 0.2) is 30.6 Å². The fourth-order valence-corrected chi connectivity index (χ4v) is 6.04. The highest BCUT2D eigenvalue weighted by atomic mass is 16.6. The second-order valence-corrected chi connectivity index (χ2v) is 10.7. The number of hydrogen-bond donors (Lipinski definition) is 4. The largest absolute Gasteiger partial charge is 0.396 e. The molecule has 1 aliphatic heterocycles. The number of aliphatic hydroxyl groups is 2. The van der Waals surface area contributed by atoms with Crippen molar-refractivity contribution in [2.24, 2.45) is 11.1 Å². The summed E-state index contributed by atoms with van der Waals surface area (Å²) in [4.78, 5) is 30.6. The summed E-state index contributed by atoms with van der Waals surface area (Å²) in [6, 6.07) is 7.60. The number of imidazole rings is 1. The van der Waals surface area contributed by atoms with Gasteiger partial charge in [-0.05, 0) is 49.4 Å². The first-order valence-electron chi connectivity index (χ1n) is 13.1. The second kappa shape index (κ2) is 10.2. The number of nitrogens with two attached hydrogens (primary N) is 2. The van der Waals surface area contributed by atoms with Gasteiger partial charge in [0.15, 0.2) is 0 Å². The smallest absolute Gasteiger partial charge is 0.300 e. The van der Waals surface area contributed by atoms with Gasteiger partial charge in [-0.2, -0.15) is 0 Å². The number of carbonyl (C=O) groups excluding carboxylic acids is 1. The van der Waals surface area contributed by atoms with E-state index in [0.29, 0.717) is 43.2 Å². The molecule has 1 saturated carbocycles. The van der Waals surface area contributed by atoms with Gasteiger partial charge in [0.25, 0.3) is 5.91 Å². The van der Waals surface area contributed by atoms with Crippen LogP contribution in [0.2, 0.25) is 0 Å². The van der Waals surface area contributed by atoms with E-state index >= 15 is 0 Å². The van der Waals surface area contributed by atoms with Crippen LogP contribution in [0.3, 0.4) is 0 Å².